The van der Waals surface area contributed by atoms with E-state index in [1.54, 1.807) is 23.1 Å². The van der Waals surface area contributed by atoms with Crippen LogP contribution >= 0.6 is 23.2 Å². The number of rotatable bonds is 3. The molecule has 116 valence electrons. The minimum atomic E-state index is -0.132. The Bertz CT molecular complexity index is 709. The average molecular weight is 340 g/mol. The molecule has 1 fully saturated rings. The van der Waals surface area contributed by atoms with Gasteiger partial charge in [0.05, 0.1) is 16.5 Å². The van der Waals surface area contributed by atoms with E-state index in [0.29, 0.717) is 40.4 Å². The van der Waals surface area contributed by atoms with Crippen molar-refractivity contribution in [1.29, 1.82) is 0 Å². The smallest absolute Gasteiger partial charge is 0.255 e. The van der Waals surface area contributed by atoms with E-state index >= 15 is 0 Å². The summed E-state index contributed by atoms with van der Waals surface area (Å²) in [7, 11) is 0. The lowest BCUT2D eigenvalue weighted by Gasteiger charge is -2.37. The normalized spacial score (nSPS) is 15.2. The second-order valence-electron chi connectivity index (χ2n) is 5.68. The molecule has 1 saturated heterocycles. The molecule has 1 aromatic heterocycles. The van der Waals surface area contributed by atoms with Crippen LogP contribution in [0.4, 0.5) is 0 Å². The summed E-state index contributed by atoms with van der Waals surface area (Å²) in [4.78, 5) is 18.5. The Hall–Kier alpha value is -1.59. The van der Waals surface area contributed by atoms with Crippen molar-refractivity contribution in [2.24, 2.45) is 0 Å². The van der Waals surface area contributed by atoms with Crippen LogP contribution in [0.1, 0.15) is 47.8 Å². The summed E-state index contributed by atoms with van der Waals surface area (Å²) < 4.78 is 5.26. The standard InChI is InChI=1S/C15H15Cl2N3O2/c1-8(2)13-18-14(22-19-13)9-6-20(7-9)15(21)11-5-10(16)3-4-12(11)17/h3-5,8-9H,6-7H2,1-2H3. The third-order valence-electron chi connectivity index (χ3n) is 3.65. The molecular formula is C15H15Cl2N3O2. The number of benzene rings is 1. The van der Waals surface area contributed by atoms with Crippen LogP contribution in [0.25, 0.3) is 0 Å². The fraction of sp³-hybridized carbons (Fsp3) is 0.400. The Kier molecular flexibility index (Phi) is 4.10. The molecule has 0 spiro atoms. The van der Waals surface area contributed by atoms with E-state index in [2.05, 4.69) is 10.1 Å². The molecule has 5 nitrogen and oxygen atoms in total. The van der Waals surface area contributed by atoms with E-state index < -0.39 is 0 Å². The number of halogens is 2. The van der Waals surface area contributed by atoms with Crippen molar-refractivity contribution < 1.29 is 9.32 Å². The van der Waals surface area contributed by atoms with Gasteiger partial charge in [-0.1, -0.05) is 42.2 Å². The molecule has 0 atom stereocenters. The number of likely N-dealkylation sites (tertiary alicyclic amines) is 1. The van der Waals surface area contributed by atoms with E-state index in [0.717, 1.165) is 0 Å². The molecule has 1 aromatic carbocycles. The number of amides is 1. The quantitative estimate of drug-likeness (QED) is 0.854. The van der Waals surface area contributed by atoms with E-state index in [1.165, 1.54) is 0 Å². The third kappa shape index (κ3) is 2.83. The highest BCUT2D eigenvalue weighted by molar-refractivity contribution is 6.35. The molecule has 7 heteroatoms. The Morgan fingerprint density at radius 3 is 2.73 bits per heavy atom. The van der Waals surface area contributed by atoms with Crippen molar-refractivity contribution >= 4 is 29.1 Å². The van der Waals surface area contributed by atoms with Crippen LogP contribution in [0.15, 0.2) is 22.7 Å². The molecule has 0 unspecified atom stereocenters. The molecule has 0 bridgehead atoms. The lowest BCUT2D eigenvalue weighted by Crippen LogP contribution is -2.48. The maximum Gasteiger partial charge on any atom is 0.255 e. The second-order valence-corrected chi connectivity index (χ2v) is 6.52. The number of carbonyl (C=O) groups excluding carboxylic acids is 1. The topological polar surface area (TPSA) is 59.2 Å². The molecule has 3 rings (SSSR count). The van der Waals surface area contributed by atoms with Crippen LogP contribution in [0.3, 0.4) is 0 Å². The highest BCUT2D eigenvalue weighted by Gasteiger charge is 2.36. The average Bonchev–Trinajstić information content (AvgIpc) is 2.89. The Balaban J connectivity index is 1.67. The van der Waals surface area contributed by atoms with Gasteiger partial charge in [0.25, 0.3) is 5.91 Å². The molecule has 0 N–H and O–H groups in total. The summed E-state index contributed by atoms with van der Waals surface area (Å²) >= 11 is 12.0. The maximum absolute atomic E-state index is 12.4. The van der Waals surface area contributed by atoms with Crippen molar-refractivity contribution in [2.45, 2.75) is 25.7 Å². The van der Waals surface area contributed by atoms with Gasteiger partial charge in [0.2, 0.25) is 5.89 Å². The molecule has 22 heavy (non-hydrogen) atoms. The van der Waals surface area contributed by atoms with E-state index in [1.807, 2.05) is 13.8 Å². The minimum Gasteiger partial charge on any atom is -0.339 e. The molecule has 1 aliphatic heterocycles. The summed E-state index contributed by atoms with van der Waals surface area (Å²) in [6.07, 6.45) is 0. The zero-order valence-corrected chi connectivity index (χ0v) is 13.7. The third-order valence-corrected chi connectivity index (χ3v) is 4.22. The minimum absolute atomic E-state index is 0.0851. The largest absolute Gasteiger partial charge is 0.339 e. The lowest BCUT2D eigenvalue weighted by molar-refractivity contribution is 0.0569. The maximum atomic E-state index is 12.4. The van der Waals surface area contributed by atoms with Gasteiger partial charge >= 0.3 is 0 Å². The van der Waals surface area contributed by atoms with Crippen molar-refractivity contribution in [2.75, 3.05) is 13.1 Å². The number of hydrogen-bond acceptors (Lipinski definition) is 4. The fourth-order valence-corrected chi connectivity index (χ4v) is 2.65. The van der Waals surface area contributed by atoms with E-state index in [9.17, 15) is 4.79 Å². The van der Waals surface area contributed by atoms with Crippen molar-refractivity contribution in [1.82, 2.24) is 15.0 Å². The molecule has 2 heterocycles. The van der Waals surface area contributed by atoms with E-state index in [4.69, 9.17) is 27.7 Å². The summed E-state index contributed by atoms with van der Waals surface area (Å²) in [6, 6.07) is 4.87. The Labute approximate surface area is 138 Å². The number of carbonyl (C=O) groups is 1. The van der Waals surface area contributed by atoms with E-state index in [-0.39, 0.29) is 17.7 Å². The molecule has 1 amide bonds. The number of nitrogens with zero attached hydrogens (tertiary/aromatic N) is 3. The monoisotopic (exact) mass is 339 g/mol. The lowest BCUT2D eigenvalue weighted by atomic mass is 9.98. The summed E-state index contributed by atoms with van der Waals surface area (Å²) in [5.41, 5.74) is 0.418. The summed E-state index contributed by atoms with van der Waals surface area (Å²) in [5, 5.41) is 4.83. The molecular weight excluding hydrogens is 325 g/mol. The second kappa shape index (κ2) is 5.89. The number of aromatic nitrogens is 2. The van der Waals surface area contributed by atoms with Crippen LogP contribution in [0, 0.1) is 0 Å². The van der Waals surface area contributed by atoms with Crippen molar-refractivity contribution in [3.63, 3.8) is 0 Å². The van der Waals surface area contributed by atoms with Gasteiger partial charge in [-0.05, 0) is 18.2 Å². The zero-order chi connectivity index (χ0) is 15.9. The predicted octanol–water partition coefficient (Wildman–Crippen LogP) is 3.74. The van der Waals surface area contributed by atoms with Gasteiger partial charge in [0, 0.05) is 24.0 Å². The number of hydrogen-bond donors (Lipinski definition) is 0. The predicted molar refractivity (Wildman–Crippen MR) is 83.5 cm³/mol. The Morgan fingerprint density at radius 2 is 2.09 bits per heavy atom. The zero-order valence-electron chi connectivity index (χ0n) is 12.2. The fourth-order valence-electron chi connectivity index (χ4n) is 2.28. The van der Waals surface area contributed by atoms with Crippen molar-refractivity contribution in [3.8, 4) is 0 Å². The van der Waals surface area contributed by atoms with Gasteiger partial charge in [-0.3, -0.25) is 4.79 Å². The van der Waals surface area contributed by atoms with Crippen LogP contribution in [0.2, 0.25) is 10.0 Å². The first-order valence-corrected chi connectivity index (χ1v) is 7.79. The molecule has 2 aromatic rings. The van der Waals surface area contributed by atoms with Gasteiger partial charge in [-0.25, -0.2) is 0 Å². The van der Waals surface area contributed by atoms with Gasteiger partial charge < -0.3 is 9.42 Å². The molecule has 0 aliphatic carbocycles. The first-order chi connectivity index (χ1) is 10.5. The van der Waals surface area contributed by atoms with Gasteiger partial charge in [0.1, 0.15) is 0 Å². The molecule has 0 saturated carbocycles. The van der Waals surface area contributed by atoms with Crippen LogP contribution in [-0.4, -0.2) is 34.0 Å². The summed E-state index contributed by atoms with van der Waals surface area (Å²) in [5.74, 6) is 1.46. The first kappa shape index (κ1) is 15.3. The Morgan fingerprint density at radius 1 is 1.36 bits per heavy atom. The van der Waals surface area contributed by atoms with Crippen LogP contribution in [0.5, 0.6) is 0 Å². The SMILES string of the molecule is CC(C)c1noc(C2CN(C(=O)c3cc(Cl)ccc3Cl)C2)n1. The van der Waals surface area contributed by atoms with Gasteiger partial charge in [0.15, 0.2) is 5.82 Å². The molecule has 0 radical (unpaired) electrons. The highest BCUT2D eigenvalue weighted by Crippen LogP contribution is 2.30. The first-order valence-electron chi connectivity index (χ1n) is 7.03. The van der Waals surface area contributed by atoms with Gasteiger partial charge in [-0.2, -0.15) is 4.98 Å². The summed E-state index contributed by atoms with van der Waals surface area (Å²) in [6.45, 7) is 5.10. The molecule has 1 aliphatic rings. The van der Waals surface area contributed by atoms with Crippen LogP contribution in [-0.2, 0) is 0 Å². The van der Waals surface area contributed by atoms with Crippen molar-refractivity contribution in [3.05, 3.63) is 45.5 Å². The van der Waals surface area contributed by atoms with Gasteiger partial charge in [-0.15, -0.1) is 0 Å². The highest BCUT2D eigenvalue weighted by atomic mass is 35.5. The van der Waals surface area contributed by atoms with Crippen LogP contribution < -0.4 is 0 Å².